The molecule has 1 aliphatic rings. The van der Waals surface area contributed by atoms with Gasteiger partial charge in [0.15, 0.2) is 5.67 Å². The van der Waals surface area contributed by atoms with Gasteiger partial charge in [-0.2, -0.15) is 0 Å². The smallest absolute Gasteiger partial charge is 0.229 e. The maximum atomic E-state index is 16.1. The van der Waals surface area contributed by atoms with Crippen LogP contribution in [-0.4, -0.2) is 34.4 Å². The van der Waals surface area contributed by atoms with Crippen LogP contribution in [0, 0.1) is 0 Å². The second kappa shape index (κ2) is 8.88. The zero-order chi connectivity index (χ0) is 22.9. The largest absolute Gasteiger partial charge is 0.284 e. The molecule has 2 aromatic rings. The molecule has 1 fully saturated rings. The summed E-state index contributed by atoms with van der Waals surface area (Å²) in [4.78, 5) is 0. The molecule has 3 rings (SSSR count). The number of alkyl halides is 1. The van der Waals surface area contributed by atoms with Gasteiger partial charge < -0.3 is 0 Å². The number of nitrogens with one attached hydrogen (secondary N) is 2. The van der Waals surface area contributed by atoms with Gasteiger partial charge in [-0.3, -0.25) is 4.72 Å². The molecule has 9 heteroatoms. The van der Waals surface area contributed by atoms with Crippen molar-refractivity contribution in [2.75, 3.05) is 11.0 Å². The first kappa shape index (κ1) is 23.7. The number of benzene rings is 2. The third-order valence-electron chi connectivity index (χ3n) is 5.63. The van der Waals surface area contributed by atoms with Crippen molar-refractivity contribution < 1.29 is 21.2 Å². The molecule has 0 saturated heterocycles. The third-order valence-corrected chi connectivity index (χ3v) is 8.09. The monoisotopic (exact) mass is 468 g/mol. The van der Waals surface area contributed by atoms with Crippen LogP contribution in [0.1, 0.15) is 45.1 Å². The fraction of sp³-hybridized carbons (Fsp3) is 0.455. The summed E-state index contributed by atoms with van der Waals surface area (Å²) in [6.45, 7) is 3.15. The van der Waals surface area contributed by atoms with Crippen molar-refractivity contribution in [2.24, 2.45) is 0 Å². The van der Waals surface area contributed by atoms with Crippen LogP contribution in [-0.2, 0) is 25.7 Å². The van der Waals surface area contributed by atoms with Crippen LogP contribution in [0.15, 0.2) is 48.5 Å². The Hall–Kier alpha value is -1.97. The van der Waals surface area contributed by atoms with Gasteiger partial charge in [0.1, 0.15) is 0 Å². The maximum absolute atomic E-state index is 16.1. The summed E-state index contributed by atoms with van der Waals surface area (Å²) in [5.41, 5.74) is 0.700. The van der Waals surface area contributed by atoms with E-state index in [1.807, 2.05) is 6.07 Å². The molecular weight excluding hydrogens is 439 g/mol. The Kier molecular flexibility index (Phi) is 6.78. The van der Waals surface area contributed by atoms with Gasteiger partial charge in [-0.25, -0.2) is 25.9 Å². The predicted molar refractivity (Wildman–Crippen MR) is 123 cm³/mol. The van der Waals surface area contributed by atoms with E-state index in [1.54, 1.807) is 56.3 Å². The van der Waals surface area contributed by atoms with Crippen LogP contribution in [0.5, 0.6) is 0 Å². The zero-order valence-electron chi connectivity index (χ0n) is 17.9. The van der Waals surface area contributed by atoms with Gasteiger partial charge in [0, 0.05) is 5.69 Å². The molecule has 0 aromatic heterocycles. The van der Waals surface area contributed by atoms with Crippen molar-refractivity contribution in [3.05, 3.63) is 54.1 Å². The van der Waals surface area contributed by atoms with E-state index in [-0.39, 0.29) is 6.42 Å². The van der Waals surface area contributed by atoms with E-state index in [4.69, 9.17) is 0 Å². The van der Waals surface area contributed by atoms with Gasteiger partial charge in [0.25, 0.3) is 0 Å². The summed E-state index contributed by atoms with van der Waals surface area (Å²) in [5, 5.41) is -0.631. The first-order chi connectivity index (χ1) is 14.4. The molecule has 0 spiro atoms. The Bertz CT molecular complexity index is 1130. The van der Waals surface area contributed by atoms with E-state index < -0.39 is 37.0 Å². The highest BCUT2D eigenvalue weighted by Crippen LogP contribution is 2.42. The number of hydrogen-bond acceptors (Lipinski definition) is 4. The lowest BCUT2D eigenvalue weighted by Crippen LogP contribution is -2.51. The lowest BCUT2D eigenvalue weighted by atomic mass is 9.77. The molecule has 0 aliphatic heterocycles. The zero-order valence-corrected chi connectivity index (χ0v) is 19.6. The van der Waals surface area contributed by atoms with Crippen molar-refractivity contribution in [3.8, 4) is 11.1 Å². The van der Waals surface area contributed by atoms with Gasteiger partial charge in [0.2, 0.25) is 20.0 Å². The summed E-state index contributed by atoms with van der Waals surface area (Å²) in [7, 11) is -6.98. The molecule has 2 aromatic carbocycles. The molecule has 1 saturated carbocycles. The molecule has 0 heterocycles. The Morgan fingerprint density at radius 1 is 1.00 bits per heavy atom. The molecule has 0 bridgehead atoms. The van der Waals surface area contributed by atoms with Crippen LogP contribution in [0.3, 0.4) is 0 Å². The topological polar surface area (TPSA) is 92.3 Å². The minimum atomic E-state index is -3.59. The normalized spacial score (nSPS) is 22.4. The fourth-order valence-electron chi connectivity index (χ4n) is 3.88. The van der Waals surface area contributed by atoms with Crippen LogP contribution in [0.25, 0.3) is 11.1 Å². The fourth-order valence-corrected chi connectivity index (χ4v) is 5.41. The van der Waals surface area contributed by atoms with Gasteiger partial charge in [-0.05, 0) is 61.9 Å². The molecule has 31 heavy (non-hydrogen) atoms. The van der Waals surface area contributed by atoms with Crippen LogP contribution >= 0.6 is 0 Å². The van der Waals surface area contributed by atoms with Crippen molar-refractivity contribution in [2.45, 2.75) is 56.5 Å². The Labute approximate surface area is 184 Å². The van der Waals surface area contributed by atoms with Gasteiger partial charge in [-0.15, -0.1) is 0 Å². The first-order valence-electron chi connectivity index (χ1n) is 10.3. The van der Waals surface area contributed by atoms with Crippen LogP contribution in [0.2, 0.25) is 0 Å². The van der Waals surface area contributed by atoms with Gasteiger partial charge in [-0.1, -0.05) is 42.8 Å². The summed E-state index contributed by atoms with van der Waals surface area (Å²) < 4.78 is 68.8. The van der Waals surface area contributed by atoms with Gasteiger partial charge >= 0.3 is 0 Å². The summed E-state index contributed by atoms with van der Waals surface area (Å²) in [6, 6.07) is 13.1. The standard InChI is InChI=1S/C22H29FN2O4S2/c1-16(2)31(28,29)25-21-9-4-5-14-22(21,23)19-12-10-17(11-13-19)18-7-6-8-20(15-18)24-30(3,26)27/h6-8,10-13,15-16,21,24-25H,4-5,9,14H2,1-3H3/t21-,22-/m0/s1. The molecule has 0 radical (unpaired) electrons. The molecule has 0 amide bonds. The highest BCUT2D eigenvalue weighted by molar-refractivity contribution is 7.92. The number of rotatable bonds is 7. The molecule has 6 nitrogen and oxygen atoms in total. The highest BCUT2D eigenvalue weighted by atomic mass is 32.2. The lowest BCUT2D eigenvalue weighted by Gasteiger charge is -2.38. The SMILES string of the molecule is CC(C)S(=O)(=O)N[C@H]1CCCC[C@]1(F)c1ccc(-c2cccc(NS(C)(=O)=O)c2)cc1. The van der Waals surface area contributed by atoms with Gasteiger partial charge in [0.05, 0.1) is 17.5 Å². The third kappa shape index (κ3) is 5.64. The summed E-state index contributed by atoms with van der Waals surface area (Å²) in [6.07, 6.45) is 3.25. The quantitative estimate of drug-likeness (QED) is 0.638. The Morgan fingerprint density at radius 3 is 2.29 bits per heavy atom. The molecule has 2 atom stereocenters. The number of halogens is 1. The molecule has 1 aliphatic carbocycles. The maximum Gasteiger partial charge on any atom is 0.229 e. The molecule has 2 N–H and O–H groups in total. The second-order valence-corrected chi connectivity index (χ2v) is 12.4. The molecular formula is C22H29FN2O4S2. The molecule has 170 valence electrons. The van der Waals surface area contributed by atoms with Crippen molar-refractivity contribution in [1.82, 2.24) is 4.72 Å². The number of anilines is 1. The van der Waals surface area contributed by atoms with Crippen molar-refractivity contribution in [3.63, 3.8) is 0 Å². The summed E-state index contributed by atoms with van der Waals surface area (Å²) in [5.74, 6) is 0. The summed E-state index contributed by atoms with van der Waals surface area (Å²) >= 11 is 0. The van der Waals surface area contributed by atoms with E-state index in [2.05, 4.69) is 9.44 Å². The van der Waals surface area contributed by atoms with E-state index in [0.717, 1.165) is 23.8 Å². The van der Waals surface area contributed by atoms with Crippen molar-refractivity contribution >= 4 is 25.7 Å². The first-order valence-corrected chi connectivity index (χ1v) is 13.7. The lowest BCUT2D eigenvalue weighted by molar-refractivity contribution is 0.0712. The Morgan fingerprint density at radius 2 is 1.68 bits per heavy atom. The minimum absolute atomic E-state index is 0.255. The van der Waals surface area contributed by atoms with E-state index in [9.17, 15) is 16.8 Å². The second-order valence-electron chi connectivity index (χ2n) is 8.40. The number of sulfonamides is 2. The average molecular weight is 469 g/mol. The number of hydrogen-bond donors (Lipinski definition) is 2. The van der Waals surface area contributed by atoms with Crippen LogP contribution < -0.4 is 9.44 Å². The molecule has 0 unspecified atom stereocenters. The average Bonchev–Trinajstić information content (AvgIpc) is 2.68. The Balaban J connectivity index is 1.88. The van der Waals surface area contributed by atoms with Crippen molar-refractivity contribution in [1.29, 1.82) is 0 Å². The van der Waals surface area contributed by atoms with E-state index in [1.165, 1.54) is 0 Å². The predicted octanol–water partition coefficient (Wildman–Crippen LogP) is 4.16. The van der Waals surface area contributed by atoms with E-state index >= 15 is 4.39 Å². The van der Waals surface area contributed by atoms with E-state index in [0.29, 0.717) is 24.1 Å². The van der Waals surface area contributed by atoms with Crippen LogP contribution in [0.4, 0.5) is 10.1 Å². The highest BCUT2D eigenvalue weighted by Gasteiger charge is 2.44. The minimum Gasteiger partial charge on any atom is -0.284 e.